The highest BCUT2D eigenvalue weighted by molar-refractivity contribution is 8.14. The molecular formula is C22H20N6O5S. The molecule has 0 saturated carbocycles. The van der Waals surface area contributed by atoms with Crippen LogP contribution in [0.25, 0.3) is 6.08 Å². The van der Waals surface area contributed by atoms with Crippen molar-refractivity contribution in [3.8, 4) is 0 Å². The van der Waals surface area contributed by atoms with Crippen molar-refractivity contribution >= 4 is 46.4 Å². The van der Waals surface area contributed by atoms with Crippen LogP contribution in [0.3, 0.4) is 0 Å². The van der Waals surface area contributed by atoms with Gasteiger partial charge in [-0.2, -0.15) is 0 Å². The molecule has 1 aromatic carbocycles. The first-order chi connectivity index (χ1) is 16.7. The number of carbonyl (C=O) groups excluding carboxylic acids is 1. The van der Waals surface area contributed by atoms with Crippen LogP contribution in [0.4, 0.5) is 11.6 Å². The van der Waals surface area contributed by atoms with Gasteiger partial charge < -0.3 is 14.3 Å². The summed E-state index contributed by atoms with van der Waals surface area (Å²) in [5.74, 6) is -0.184. The summed E-state index contributed by atoms with van der Waals surface area (Å²) in [6.45, 7) is 2.52. The molecule has 34 heavy (non-hydrogen) atoms. The Morgan fingerprint density at radius 2 is 2.03 bits per heavy atom. The molecule has 0 unspecified atom stereocenters. The predicted molar refractivity (Wildman–Crippen MR) is 123 cm³/mol. The van der Waals surface area contributed by atoms with E-state index in [-0.39, 0.29) is 23.2 Å². The molecule has 4 heterocycles. The van der Waals surface area contributed by atoms with E-state index in [1.54, 1.807) is 36.5 Å². The molecule has 2 aromatic heterocycles. The van der Waals surface area contributed by atoms with Crippen molar-refractivity contribution in [3.05, 3.63) is 66.4 Å². The second-order valence-corrected chi connectivity index (χ2v) is 8.18. The third kappa shape index (κ3) is 4.87. The zero-order valence-electron chi connectivity index (χ0n) is 17.9. The smallest absolute Gasteiger partial charge is 0.324 e. The van der Waals surface area contributed by atoms with Crippen LogP contribution in [0.15, 0.2) is 79.5 Å². The SMILES string of the molecule is O=C1/C(=C\c2ccco2)N=C(SC/C([O-])=N/c2c[n+](N3CCOCC3)no2)N1c1ccccc1. The molecule has 0 atom stereocenters. The van der Waals surface area contributed by atoms with Crippen molar-refractivity contribution in [2.24, 2.45) is 9.98 Å². The highest BCUT2D eigenvalue weighted by Crippen LogP contribution is 2.29. The average Bonchev–Trinajstić information content (AvgIpc) is 3.61. The van der Waals surface area contributed by atoms with Gasteiger partial charge in [-0.1, -0.05) is 30.0 Å². The van der Waals surface area contributed by atoms with Crippen LogP contribution in [-0.2, 0) is 9.53 Å². The summed E-state index contributed by atoms with van der Waals surface area (Å²) in [6, 6.07) is 12.6. The lowest BCUT2D eigenvalue weighted by Gasteiger charge is -2.18. The van der Waals surface area contributed by atoms with E-state index in [9.17, 15) is 9.90 Å². The number of anilines is 1. The Hall–Kier alpha value is -3.90. The van der Waals surface area contributed by atoms with Gasteiger partial charge in [0.25, 0.3) is 12.1 Å². The molecule has 0 spiro atoms. The summed E-state index contributed by atoms with van der Waals surface area (Å²) in [5.41, 5.74) is 0.861. The van der Waals surface area contributed by atoms with E-state index in [4.69, 9.17) is 13.7 Å². The number of amides is 1. The highest BCUT2D eigenvalue weighted by atomic mass is 32.2. The lowest BCUT2D eigenvalue weighted by Crippen LogP contribution is -2.62. The molecular weight excluding hydrogens is 460 g/mol. The first-order valence-corrected chi connectivity index (χ1v) is 11.5. The number of thioether (sulfide) groups is 1. The number of aliphatic imine (C=N–C) groups is 2. The van der Waals surface area contributed by atoms with Crippen molar-refractivity contribution in [1.82, 2.24) is 5.27 Å². The number of nitrogens with zero attached hydrogens (tertiary/aromatic N) is 6. The average molecular weight is 481 g/mol. The maximum Gasteiger partial charge on any atom is 0.324 e. The normalized spacial score (nSPS) is 18.1. The molecule has 2 aliphatic rings. The molecule has 2 aliphatic heterocycles. The molecule has 11 nitrogen and oxygen atoms in total. The van der Waals surface area contributed by atoms with Crippen LogP contribution in [0, 0.1) is 0 Å². The highest BCUT2D eigenvalue weighted by Gasteiger charge is 2.32. The van der Waals surface area contributed by atoms with E-state index < -0.39 is 5.90 Å². The number of para-hydroxylation sites is 1. The van der Waals surface area contributed by atoms with Crippen molar-refractivity contribution in [1.29, 1.82) is 0 Å². The molecule has 12 heteroatoms. The van der Waals surface area contributed by atoms with Crippen LogP contribution < -0.4 is 19.8 Å². The lowest BCUT2D eigenvalue weighted by atomic mass is 10.2. The van der Waals surface area contributed by atoms with E-state index in [0.717, 1.165) is 11.8 Å². The van der Waals surface area contributed by atoms with Gasteiger partial charge in [0.2, 0.25) is 5.27 Å². The van der Waals surface area contributed by atoms with E-state index in [1.807, 2.05) is 23.2 Å². The maximum absolute atomic E-state index is 13.1. The van der Waals surface area contributed by atoms with Crippen LogP contribution >= 0.6 is 11.8 Å². The molecule has 0 aliphatic carbocycles. The zero-order valence-corrected chi connectivity index (χ0v) is 18.8. The van der Waals surface area contributed by atoms with Gasteiger partial charge in [-0.15, -0.1) is 5.01 Å². The monoisotopic (exact) mass is 480 g/mol. The van der Waals surface area contributed by atoms with Crippen LogP contribution in [0.5, 0.6) is 0 Å². The van der Waals surface area contributed by atoms with Gasteiger partial charge in [-0.3, -0.25) is 14.2 Å². The molecule has 0 bridgehead atoms. The summed E-state index contributed by atoms with van der Waals surface area (Å²) in [5, 5.41) is 18.7. The van der Waals surface area contributed by atoms with E-state index in [0.29, 0.717) is 42.9 Å². The maximum atomic E-state index is 13.1. The molecule has 1 amide bonds. The topological polar surface area (TPSA) is 124 Å². The fourth-order valence-corrected chi connectivity index (χ4v) is 4.16. The third-order valence-corrected chi connectivity index (χ3v) is 5.87. The van der Waals surface area contributed by atoms with E-state index >= 15 is 0 Å². The van der Waals surface area contributed by atoms with Crippen molar-refractivity contribution in [3.63, 3.8) is 0 Å². The van der Waals surface area contributed by atoms with Crippen LogP contribution in [-0.4, -0.2) is 54.3 Å². The van der Waals surface area contributed by atoms with Gasteiger partial charge >= 0.3 is 5.88 Å². The molecule has 174 valence electrons. The Labute approximate surface area is 198 Å². The van der Waals surface area contributed by atoms with E-state index in [2.05, 4.69) is 15.3 Å². The first-order valence-electron chi connectivity index (χ1n) is 10.5. The van der Waals surface area contributed by atoms with Gasteiger partial charge in [0, 0.05) is 11.8 Å². The Morgan fingerprint density at radius 3 is 2.79 bits per heavy atom. The second kappa shape index (κ2) is 9.93. The van der Waals surface area contributed by atoms with Crippen LogP contribution in [0.1, 0.15) is 5.76 Å². The predicted octanol–water partition coefficient (Wildman–Crippen LogP) is 1.09. The number of carbonyl (C=O) groups is 1. The molecule has 5 rings (SSSR count). The van der Waals surface area contributed by atoms with Gasteiger partial charge in [-0.05, 0) is 30.2 Å². The Balaban J connectivity index is 1.32. The molecule has 3 aromatic rings. The quantitative estimate of drug-likeness (QED) is 0.222. The summed E-state index contributed by atoms with van der Waals surface area (Å²) < 4.78 is 15.8. The number of ether oxygens (including phenoxy) is 1. The second-order valence-electron chi connectivity index (χ2n) is 7.24. The standard InChI is InChI=1S/C22H20N6O5S/c29-19(24-20-14-27(25-33-20)26-8-11-31-12-9-26)15-34-22-23-18(13-17-7-4-10-32-17)21(30)28(22)16-5-2-1-3-6-16/h1-7,10,13-14H,8-9,11-12,15H2/b18-13+. The fourth-order valence-electron chi connectivity index (χ4n) is 3.36. The van der Waals surface area contributed by atoms with E-state index in [1.165, 1.54) is 16.0 Å². The lowest BCUT2D eigenvalue weighted by molar-refractivity contribution is -0.759. The number of morpholine rings is 1. The van der Waals surface area contributed by atoms with Gasteiger partial charge in [0.15, 0.2) is 5.17 Å². The summed E-state index contributed by atoms with van der Waals surface area (Å²) in [4.78, 5) is 24.5. The number of benzene rings is 1. The van der Waals surface area contributed by atoms with Crippen molar-refractivity contribution < 1.29 is 28.4 Å². The minimum absolute atomic E-state index is 0.0399. The molecule has 1 fully saturated rings. The Kier molecular flexibility index (Phi) is 6.40. The van der Waals surface area contributed by atoms with Crippen LogP contribution in [0.2, 0.25) is 0 Å². The summed E-state index contributed by atoms with van der Waals surface area (Å²) in [7, 11) is 0. The number of hydrogen-bond donors (Lipinski definition) is 0. The molecule has 0 radical (unpaired) electrons. The number of aromatic nitrogens is 2. The Morgan fingerprint density at radius 1 is 1.21 bits per heavy atom. The first kappa shape index (κ1) is 21.9. The van der Waals surface area contributed by atoms with Gasteiger partial charge in [0.1, 0.15) is 11.5 Å². The van der Waals surface area contributed by atoms with Gasteiger partial charge in [0.05, 0.1) is 43.0 Å². The number of hydrogen-bond acceptors (Lipinski definition) is 10. The summed E-state index contributed by atoms with van der Waals surface area (Å²) in [6.07, 6.45) is 4.63. The number of amidine groups is 1. The summed E-state index contributed by atoms with van der Waals surface area (Å²) >= 11 is 1.11. The van der Waals surface area contributed by atoms with Crippen molar-refractivity contribution in [2.75, 3.05) is 42.0 Å². The van der Waals surface area contributed by atoms with Crippen molar-refractivity contribution in [2.45, 2.75) is 0 Å². The van der Waals surface area contributed by atoms with Gasteiger partial charge in [-0.25, -0.2) is 9.98 Å². The third-order valence-electron chi connectivity index (χ3n) is 4.95. The Bertz CT molecular complexity index is 1230. The minimum Gasteiger partial charge on any atom is -0.861 e. The zero-order chi connectivity index (χ0) is 23.3. The number of rotatable bonds is 6. The minimum atomic E-state index is -0.443. The largest absolute Gasteiger partial charge is 0.861 e. The molecule has 0 N–H and O–H groups in total. The number of furan rings is 1. The fraction of sp³-hybridized carbons (Fsp3) is 0.227. The molecule has 1 saturated heterocycles.